The van der Waals surface area contributed by atoms with Gasteiger partial charge in [-0.3, -0.25) is 4.79 Å². The molecule has 4 aromatic carbocycles. The molecule has 225 valence electrons. The van der Waals surface area contributed by atoms with Crippen LogP contribution < -0.4 is 10.0 Å². The highest BCUT2D eigenvalue weighted by Gasteiger charge is 2.30. The first-order valence-electron chi connectivity index (χ1n) is 13.6. The van der Waals surface area contributed by atoms with Crippen LogP contribution in [0, 0.1) is 6.92 Å². The summed E-state index contributed by atoms with van der Waals surface area (Å²) in [6.07, 6.45) is -3.06. The predicted octanol–water partition coefficient (Wildman–Crippen LogP) is 6.47. The second-order valence-electron chi connectivity index (χ2n) is 10.1. The first-order chi connectivity index (χ1) is 20.9. The van der Waals surface area contributed by atoms with E-state index in [0.29, 0.717) is 28.1 Å². The normalized spacial score (nSPS) is 11.8. The number of sulfonamides is 1. The van der Waals surface area contributed by atoms with Crippen LogP contribution in [0.2, 0.25) is 0 Å². The fraction of sp³-hybridized carbons (Fsp3) is 0.152. The lowest BCUT2D eigenvalue weighted by Gasteiger charge is -2.14. The average molecular weight is 618 g/mol. The van der Waals surface area contributed by atoms with E-state index < -0.39 is 27.7 Å². The molecular formula is C33H28F3N4O3S. The summed E-state index contributed by atoms with van der Waals surface area (Å²) < 4.78 is 68.4. The summed E-state index contributed by atoms with van der Waals surface area (Å²) in [6.45, 7) is 1.45. The van der Waals surface area contributed by atoms with Crippen molar-refractivity contribution in [3.63, 3.8) is 0 Å². The second-order valence-corrected chi connectivity index (χ2v) is 11.8. The Balaban J connectivity index is 1.39. The van der Waals surface area contributed by atoms with Gasteiger partial charge in [-0.2, -0.15) is 13.2 Å². The summed E-state index contributed by atoms with van der Waals surface area (Å²) in [7, 11) is -2.19. The lowest BCUT2D eigenvalue weighted by molar-refractivity contribution is -0.137. The second kappa shape index (κ2) is 12.5. The number of carbonyl (C=O) groups excluding carboxylic acids is 1. The smallest absolute Gasteiger partial charge is 0.337 e. The molecule has 0 aliphatic heterocycles. The fourth-order valence-electron chi connectivity index (χ4n) is 4.63. The molecule has 1 N–H and O–H groups in total. The Labute approximate surface area is 253 Å². The molecule has 5 rings (SSSR count). The van der Waals surface area contributed by atoms with Crippen molar-refractivity contribution in [1.29, 1.82) is 0 Å². The number of rotatable bonds is 9. The van der Waals surface area contributed by atoms with Gasteiger partial charge in [-0.1, -0.05) is 72.8 Å². The number of amides is 1. The lowest BCUT2D eigenvalue weighted by Crippen LogP contribution is -2.31. The van der Waals surface area contributed by atoms with E-state index >= 15 is 0 Å². The first kappa shape index (κ1) is 30.7. The summed E-state index contributed by atoms with van der Waals surface area (Å²) in [5.74, 6) is -0.0201. The molecule has 0 bridgehead atoms. The van der Waals surface area contributed by atoms with E-state index in [1.165, 1.54) is 18.3 Å². The number of nitrogens with zero attached hydrogens (tertiary/aromatic N) is 3. The molecule has 44 heavy (non-hydrogen) atoms. The Morgan fingerprint density at radius 3 is 2.02 bits per heavy atom. The summed E-state index contributed by atoms with van der Waals surface area (Å²) >= 11 is 0. The molecule has 1 radical (unpaired) electrons. The van der Waals surface area contributed by atoms with Crippen molar-refractivity contribution < 1.29 is 26.4 Å². The molecule has 0 unspecified atom stereocenters. The molecule has 11 heteroatoms. The van der Waals surface area contributed by atoms with Crippen molar-refractivity contribution >= 4 is 15.9 Å². The molecule has 0 atom stereocenters. The van der Waals surface area contributed by atoms with Crippen LogP contribution in [0.3, 0.4) is 0 Å². The van der Waals surface area contributed by atoms with Gasteiger partial charge >= 0.3 is 6.18 Å². The number of hydrogen-bond acceptors (Lipinski definition) is 4. The molecular weight excluding hydrogens is 589 g/mol. The van der Waals surface area contributed by atoms with Crippen LogP contribution in [-0.4, -0.2) is 37.0 Å². The zero-order valence-electron chi connectivity index (χ0n) is 23.8. The average Bonchev–Trinajstić information content (AvgIpc) is 3.37. The summed E-state index contributed by atoms with van der Waals surface area (Å²) in [5.41, 5.74) is 3.94. The zero-order chi connectivity index (χ0) is 31.5. The third kappa shape index (κ3) is 6.90. The minimum Gasteiger partial charge on any atom is -0.337 e. The maximum Gasteiger partial charge on any atom is 0.416 e. The summed E-state index contributed by atoms with van der Waals surface area (Å²) in [6, 6.07) is 27.2. The standard InChI is InChI=1S/C33H28F3N4O3S/c1-22-39-31(21-40(22)2)44(42,43)38-19-18-37-32(41)29-17-14-27(25-12-15-28(16-13-25)33(34,35)36)20-30(29)26-10-8-24(9-11-26)23-6-4-3-5-7-23/h3-17,20-21,38H,18-19H2,1-2H3. The Morgan fingerprint density at radius 1 is 0.841 bits per heavy atom. The highest BCUT2D eigenvalue weighted by Crippen LogP contribution is 2.34. The minimum atomic E-state index is -4.45. The van der Waals surface area contributed by atoms with E-state index in [1.54, 1.807) is 36.7 Å². The van der Waals surface area contributed by atoms with Crippen LogP contribution >= 0.6 is 0 Å². The number of benzene rings is 4. The van der Waals surface area contributed by atoms with Crippen LogP contribution in [0.25, 0.3) is 33.4 Å². The number of nitrogens with one attached hydrogen (secondary N) is 1. The number of carbonyl (C=O) groups is 1. The van der Waals surface area contributed by atoms with E-state index in [1.807, 2.05) is 54.6 Å². The van der Waals surface area contributed by atoms with E-state index in [2.05, 4.69) is 15.0 Å². The van der Waals surface area contributed by atoms with Crippen molar-refractivity contribution in [2.24, 2.45) is 7.05 Å². The van der Waals surface area contributed by atoms with Gasteiger partial charge in [0, 0.05) is 25.4 Å². The quantitative estimate of drug-likeness (QED) is 0.192. The molecule has 0 saturated heterocycles. The molecule has 0 fully saturated rings. The number of aromatic nitrogens is 2. The number of hydrogen-bond donors (Lipinski definition) is 1. The maximum absolute atomic E-state index is 13.3. The van der Waals surface area contributed by atoms with Gasteiger partial charge in [0.2, 0.25) is 0 Å². The number of alkyl halides is 3. The lowest BCUT2D eigenvalue weighted by atomic mass is 9.92. The van der Waals surface area contributed by atoms with Crippen molar-refractivity contribution in [3.8, 4) is 33.4 Å². The molecule has 1 heterocycles. The molecule has 1 amide bonds. The van der Waals surface area contributed by atoms with Crippen LogP contribution in [0.5, 0.6) is 0 Å². The van der Waals surface area contributed by atoms with Crippen LogP contribution in [0.15, 0.2) is 108 Å². The van der Waals surface area contributed by atoms with E-state index in [4.69, 9.17) is 0 Å². The van der Waals surface area contributed by atoms with Gasteiger partial charge in [0.15, 0.2) is 5.03 Å². The van der Waals surface area contributed by atoms with Gasteiger partial charge in [-0.05, 0) is 64.6 Å². The van der Waals surface area contributed by atoms with Crippen LogP contribution in [0.4, 0.5) is 13.2 Å². The molecule has 0 saturated carbocycles. The fourth-order valence-corrected chi connectivity index (χ4v) is 5.68. The minimum absolute atomic E-state index is 0.114. The van der Waals surface area contributed by atoms with E-state index in [-0.39, 0.29) is 23.7 Å². The highest BCUT2D eigenvalue weighted by atomic mass is 32.2. The highest BCUT2D eigenvalue weighted by molar-refractivity contribution is 7.89. The predicted molar refractivity (Wildman–Crippen MR) is 162 cm³/mol. The third-order valence-corrected chi connectivity index (χ3v) is 8.45. The van der Waals surface area contributed by atoms with Gasteiger partial charge in [0.05, 0.1) is 12.1 Å². The van der Waals surface area contributed by atoms with Crippen LogP contribution in [0.1, 0.15) is 21.7 Å². The number of halogens is 3. The first-order valence-corrected chi connectivity index (χ1v) is 15.1. The Hall–Kier alpha value is -4.74. The maximum atomic E-state index is 13.3. The Kier molecular flexibility index (Phi) is 8.70. The monoisotopic (exact) mass is 617 g/mol. The van der Waals surface area contributed by atoms with E-state index in [0.717, 1.165) is 23.3 Å². The molecule has 0 aliphatic rings. The topological polar surface area (TPSA) is 95.2 Å². The molecule has 0 spiro atoms. The molecule has 1 aromatic heterocycles. The third-order valence-electron chi connectivity index (χ3n) is 7.12. The van der Waals surface area contributed by atoms with Crippen molar-refractivity contribution in [2.45, 2.75) is 18.1 Å². The number of imidazole rings is 1. The van der Waals surface area contributed by atoms with Crippen molar-refractivity contribution in [3.05, 3.63) is 120 Å². The molecule has 5 aromatic rings. The van der Waals surface area contributed by atoms with Crippen molar-refractivity contribution in [1.82, 2.24) is 19.6 Å². The Bertz CT molecular complexity index is 1870. The molecule has 0 aliphatic carbocycles. The van der Waals surface area contributed by atoms with E-state index in [9.17, 15) is 26.4 Å². The Morgan fingerprint density at radius 2 is 1.41 bits per heavy atom. The van der Waals surface area contributed by atoms with Gasteiger partial charge in [-0.25, -0.2) is 23.4 Å². The van der Waals surface area contributed by atoms with Crippen LogP contribution in [-0.2, 0) is 23.2 Å². The largest absolute Gasteiger partial charge is 0.416 e. The van der Waals surface area contributed by atoms with Gasteiger partial charge in [0.25, 0.3) is 15.9 Å². The zero-order valence-corrected chi connectivity index (χ0v) is 24.7. The van der Waals surface area contributed by atoms with Crippen molar-refractivity contribution in [2.75, 3.05) is 13.1 Å². The van der Waals surface area contributed by atoms with Gasteiger partial charge < -0.3 is 4.57 Å². The van der Waals surface area contributed by atoms with Gasteiger partial charge in [-0.15, -0.1) is 0 Å². The number of aryl methyl sites for hydroxylation is 2. The summed E-state index contributed by atoms with van der Waals surface area (Å²) in [5, 5.41) is 3.97. The summed E-state index contributed by atoms with van der Waals surface area (Å²) in [4.78, 5) is 17.3. The SMILES string of the molecule is Cc1nc(S(=O)(=O)NCC[N]C(=O)c2ccc(-c3ccc(C(F)(F)F)cc3)cc2-c2ccc(-c3ccccc3)cc2)cn1C. The molecule has 7 nitrogen and oxygen atoms in total. The van der Waals surface area contributed by atoms with Gasteiger partial charge in [0.1, 0.15) is 5.82 Å².